The fourth-order valence-corrected chi connectivity index (χ4v) is 13.8. The van der Waals surface area contributed by atoms with Crippen LogP contribution in [-0.2, 0) is 26.2 Å². The Bertz CT molecular complexity index is 1960. The summed E-state index contributed by atoms with van der Waals surface area (Å²) in [5.41, 5.74) is 0.736. The highest BCUT2D eigenvalue weighted by Crippen LogP contribution is 2.55. The van der Waals surface area contributed by atoms with Gasteiger partial charge in [-0.2, -0.15) is 0 Å². The first kappa shape index (κ1) is 51.9. The second-order valence-electron chi connectivity index (χ2n) is 19.2. The summed E-state index contributed by atoms with van der Waals surface area (Å²) in [6, 6.07) is 9.53. The lowest BCUT2D eigenvalue weighted by atomic mass is 9.65. The molecule has 3 saturated carbocycles. The highest BCUT2D eigenvalue weighted by molar-refractivity contribution is 8.76. The molecule has 1 aliphatic heterocycles. The number of hydrogen-bond donors (Lipinski definition) is 7. The molecule has 66 heavy (non-hydrogen) atoms. The number of allylic oxidation sites excluding steroid dienone is 2. The molecule has 0 amide bonds. The van der Waals surface area contributed by atoms with Gasteiger partial charge in [0.05, 0.1) is 25.3 Å². The standard InChI is InChI=1S/C51H76N4O9S2/c1-5-35(18-24-57)11-13-38-14-16-45(59)51(31-36-12-15-42(58)43(26-36)62-4)21-8-10-39(51)32-65-66-34-54-48(53-3)55-41-28-40(50(38)19-6-7-20-50)29-44(47(41)61)64-49(33-52-2)22-17-37(30-49)27-46(60)63-25-9-23-56/h12,14-16,24,26,28-29,35,37-39,46,52,56,58,60-61H,5-11,13,17-23,25,27,30-34H2,1-4H3,(H2,53,54,55). The maximum absolute atomic E-state index is 15.3. The Labute approximate surface area is 400 Å². The number of benzene rings is 2. The van der Waals surface area contributed by atoms with Gasteiger partial charge in [0, 0.05) is 49.6 Å². The summed E-state index contributed by atoms with van der Waals surface area (Å²) in [6.07, 6.45) is 17.2. The topological polar surface area (TPSA) is 191 Å². The number of aromatic hydroxyl groups is 2. The van der Waals surface area contributed by atoms with Crippen molar-refractivity contribution in [2.24, 2.45) is 34.1 Å². The van der Waals surface area contributed by atoms with Crippen LogP contribution in [0.25, 0.3) is 0 Å². The summed E-state index contributed by atoms with van der Waals surface area (Å²) in [4.78, 5) is 31.7. The van der Waals surface area contributed by atoms with Crippen molar-refractivity contribution in [3.8, 4) is 23.0 Å². The number of nitrogens with one attached hydrogen (secondary N) is 3. The number of fused-ring (bicyclic) bond motifs is 4. The van der Waals surface area contributed by atoms with Crippen LogP contribution in [0.4, 0.5) is 5.69 Å². The lowest BCUT2D eigenvalue weighted by molar-refractivity contribution is -0.125. The minimum atomic E-state index is -0.941. The van der Waals surface area contributed by atoms with Crippen molar-refractivity contribution in [3.05, 3.63) is 53.6 Å². The smallest absolute Gasteiger partial charge is 0.196 e. The van der Waals surface area contributed by atoms with Crippen LogP contribution in [0.15, 0.2) is 47.5 Å². The highest BCUT2D eigenvalue weighted by Gasteiger charge is 2.49. The van der Waals surface area contributed by atoms with E-state index in [1.54, 1.807) is 41.8 Å². The Kier molecular flexibility index (Phi) is 19.4. The molecule has 4 aliphatic rings. The number of aliphatic hydroxyl groups excluding tert-OH is 2. The summed E-state index contributed by atoms with van der Waals surface area (Å²) in [7, 11) is 8.58. The van der Waals surface area contributed by atoms with Gasteiger partial charge in [0.25, 0.3) is 0 Å². The number of methoxy groups -OCH3 is 1. The van der Waals surface area contributed by atoms with Crippen molar-refractivity contribution in [2.75, 3.05) is 57.9 Å². The predicted molar refractivity (Wildman–Crippen MR) is 266 cm³/mol. The Morgan fingerprint density at radius 1 is 1.06 bits per heavy atom. The van der Waals surface area contributed by atoms with Crippen LogP contribution in [-0.4, -0.2) is 103 Å². The maximum Gasteiger partial charge on any atom is 0.196 e. The van der Waals surface area contributed by atoms with Gasteiger partial charge in [0.15, 0.2) is 41.0 Å². The van der Waals surface area contributed by atoms with E-state index in [1.807, 2.05) is 31.3 Å². The average Bonchev–Trinajstić information content (AvgIpc) is 4.07. The average molecular weight is 953 g/mol. The number of phenols is 2. The molecule has 13 nitrogen and oxygen atoms in total. The van der Waals surface area contributed by atoms with Gasteiger partial charge in [-0.3, -0.25) is 9.79 Å². The number of ether oxygens (including phenoxy) is 3. The van der Waals surface area contributed by atoms with Crippen LogP contribution in [0, 0.1) is 29.1 Å². The molecule has 1 heterocycles. The van der Waals surface area contributed by atoms with E-state index in [-0.39, 0.29) is 54.2 Å². The number of aliphatic hydroxyl groups is 2. The number of rotatable bonds is 19. The summed E-state index contributed by atoms with van der Waals surface area (Å²) >= 11 is 0. The third-order valence-electron chi connectivity index (χ3n) is 15.2. The zero-order valence-electron chi connectivity index (χ0n) is 39.7. The fourth-order valence-electron chi connectivity index (χ4n) is 11.6. The summed E-state index contributed by atoms with van der Waals surface area (Å²) in [6.45, 7) is 2.96. The van der Waals surface area contributed by atoms with Crippen molar-refractivity contribution in [1.82, 2.24) is 10.6 Å². The first-order valence-electron chi connectivity index (χ1n) is 24.3. The van der Waals surface area contributed by atoms with Crippen molar-refractivity contribution >= 4 is 45.3 Å². The first-order chi connectivity index (χ1) is 32.0. The van der Waals surface area contributed by atoms with Crippen molar-refractivity contribution in [3.63, 3.8) is 0 Å². The van der Waals surface area contributed by atoms with Gasteiger partial charge in [0.1, 0.15) is 11.9 Å². The molecule has 15 heteroatoms. The molecule has 366 valence electrons. The molecular formula is C51H76N4O9S2. The lowest BCUT2D eigenvalue weighted by Gasteiger charge is -2.39. The Hall–Kier alpha value is -3.47. The lowest BCUT2D eigenvalue weighted by Crippen LogP contribution is -2.43. The van der Waals surface area contributed by atoms with Gasteiger partial charge in [-0.05, 0) is 143 Å². The zero-order valence-corrected chi connectivity index (χ0v) is 41.3. The van der Waals surface area contributed by atoms with E-state index < -0.39 is 22.7 Å². The molecule has 6 rings (SSSR count). The monoisotopic (exact) mass is 953 g/mol. The van der Waals surface area contributed by atoms with Crippen molar-refractivity contribution < 1.29 is 44.2 Å². The molecule has 7 atom stereocenters. The minimum absolute atomic E-state index is 0.00374. The van der Waals surface area contributed by atoms with Crippen LogP contribution in [0.3, 0.4) is 0 Å². The molecule has 1 spiro atoms. The number of aldehydes is 1. The van der Waals surface area contributed by atoms with Crippen LogP contribution >= 0.6 is 21.6 Å². The molecule has 0 radical (unpaired) electrons. The molecule has 7 unspecified atom stereocenters. The SMILES string of the molecule is CCC(CC=O)CCC1C=CC(=O)C2(Cc3ccc(O)c(OC)c3)CCCC2CSSCNC(=NC)Nc2cc(cc(OC3(CNC)CCC(CC(O)OCCCO)C3)c2O)C12CCCC2. The van der Waals surface area contributed by atoms with Crippen LogP contribution in [0.1, 0.15) is 121 Å². The van der Waals surface area contributed by atoms with Crippen molar-refractivity contribution in [2.45, 2.75) is 133 Å². The number of aliphatic imine (C=N–C) groups is 1. The summed E-state index contributed by atoms with van der Waals surface area (Å²) < 4.78 is 18.2. The molecule has 2 bridgehead atoms. The van der Waals surface area contributed by atoms with E-state index in [9.17, 15) is 25.2 Å². The molecule has 0 aromatic heterocycles. The van der Waals surface area contributed by atoms with E-state index in [4.69, 9.17) is 14.2 Å². The largest absolute Gasteiger partial charge is 0.504 e. The Morgan fingerprint density at radius 2 is 1.88 bits per heavy atom. The van der Waals surface area contributed by atoms with Crippen molar-refractivity contribution in [1.29, 1.82) is 0 Å². The zero-order chi connectivity index (χ0) is 47.2. The van der Waals surface area contributed by atoms with Gasteiger partial charge < -0.3 is 55.4 Å². The van der Waals surface area contributed by atoms with Crippen LogP contribution in [0.2, 0.25) is 0 Å². The molecule has 3 fully saturated rings. The third kappa shape index (κ3) is 12.6. The van der Waals surface area contributed by atoms with Gasteiger partial charge in [-0.1, -0.05) is 66.3 Å². The quantitative estimate of drug-likeness (QED) is 0.0233. The van der Waals surface area contributed by atoms with Crippen LogP contribution < -0.4 is 25.4 Å². The first-order valence-corrected chi connectivity index (χ1v) is 26.8. The molecule has 7 N–H and O–H groups in total. The number of ketones is 1. The number of likely N-dealkylation sites (N-methyl/N-ethyl adjacent to an activating group) is 1. The summed E-state index contributed by atoms with van der Waals surface area (Å²) in [5.74, 6) is 3.20. The second kappa shape index (κ2) is 24.7. The van der Waals surface area contributed by atoms with E-state index in [0.717, 1.165) is 93.8 Å². The number of guanidine groups is 1. The minimum Gasteiger partial charge on any atom is -0.504 e. The molecule has 2 aromatic rings. The normalized spacial score (nSPS) is 27.2. The maximum atomic E-state index is 15.3. The summed E-state index contributed by atoms with van der Waals surface area (Å²) in [5, 5.41) is 52.9. The van der Waals surface area contributed by atoms with E-state index in [1.165, 1.54) is 0 Å². The number of hydrogen-bond acceptors (Lipinski definition) is 13. The Balaban J connectivity index is 1.45. The van der Waals surface area contributed by atoms with Crippen LogP contribution in [0.5, 0.6) is 23.0 Å². The van der Waals surface area contributed by atoms with E-state index in [0.29, 0.717) is 74.1 Å². The van der Waals surface area contributed by atoms with E-state index in [2.05, 4.69) is 40.0 Å². The Morgan fingerprint density at radius 3 is 2.61 bits per heavy atom. The molecule has 2 aromatic carbocycles. The predicted octanol–water partition coefficient (Wildman–Crippen LogP) is 8.67. The van der Waals surface area contributed by atoms with Gasteiger partial charge in [-0.15, -0.1) is 0 Å². The van der Waals surface area contributed by atoms with Gasteiger partial charge in [0.2, 0.25) is 0 Å². The fraction of sp³-hybridized carbons (Fsp3) is 0.667. The molecule has 3 aliphatic carbocycles. The molecule has 0 saturated heterocycles. The number of anilines is 1. The third-order valence-corrected chi connectivity index (χ3v) is 17.4. The van der Waals surface area contributed by atoms with Gasteiger partial charge in [-0.25, -0.2) is 0 Å². The number of phenolic OH excluding ortho intramolecular Hbond substituents is 2. The highest BCUT2D eigenvalue weighted by atomic mass is 33.1. The second-order valence-corrected chi connectivity index (χ2v) is 21.7. The number of nitrogens with zero attached hydrogens (tertiary/aromatic N) is 1. The number of carbonyl (C=O) groups is 2. The van der Waals surface area contributed by atoms with Gasteiger partial charge >= 0.3 is 0 Å². The van der Waals surface area contributed by atoms with E-state index >= 15 is 4.79 Å². The number of carbonyl (C=O) groups excluding carboxylic acids is 2. The molecular weight excluding hydrogens is 877 g/mol.